The van der Waals surface area contributed by atoms with Crippen LogP contribution in [0.3, 0.4) is 0 Å². The Hall–Kier alpha value is -3.17. The fourth-order valence-electron chi connectivity index (χ4n) is 3.04. The lowest BCUT2D eigenvalue weighted by Crippen LogP contribution is -2.22. The van der Waals surface area contributed by atoms with Gasteiger partial charge in [0.1, 0.15) is 10.8 Å². The predicted octanol–water partition coefficient (Wildman–Crippen LogP) is 5.30. The highest BCUT2D eigenvalue weighted by atomic mass is 32.1. The van der Waals surface area contributed by atoms with Crippen LogP contribution in [0.2, 0.25) is 0 Å². The molecule has 0 saturated carbocycles. The average molecular weight is 408 g/mol. The maximum atomic E-state index is 13.4. The zero-order valence-electron chi connectivity index (χ0n) is 15.8. The molecule has 0 atom stereocenters. The molecule has 146 valence electrons. The lowest BCUT2D eigenvalue weighted by atomic mass is 10.1. The molecule has 0 fully saturated rings. The van der Waals surface area contributed by atoms with Crippen LogP contribution in [0.5, 0.6) is 5.75 Å². The molecule has 0 amide bonds. The highest BCUT2D eigenvalue weighted by Crippen LogP contribution is 2.34. The Labute approximate surface area is 172 Å². The van der Waals surface area contributed by atoms with Crippen LogP contribution in [0.15, 0.2) is 53.5 Å². The molecule has 2 heterocycles. The Kier molecular flexibility index (Phi) is 5.59. The van der Waals surface area contributed by atoms with Gasteiger partial charge in [-0.3, -0.25) is 0 Å². The van der Waals surface area contributed by atoms with Gasteiger partial charge >= 0.3 is 0 Å². The Bertz CT molecular complexity index is 1110. The normalized spacial score (nSPS) is 12.3. The molecule has 3 nitrogen and oxygen atoms in total. The largest absolute Gasteiger partial charge is 0.497 e. The third-order valence-electron chi connectivity index (χ3n) is 4.53. The summed E-state index contributed by atoms with van der Waals surface area (Å²) in [5.74, 6) is 5.58. The summed E-state index contributed by atoms with van der Waals surface area (Å²) in [4.78, 5) is 7.42. The van der Waals surface area contributed by atoms with Gasteiger partial charge in [-0.1, -0.05) is 30.0 Å². The maximum Gasteiger partial charge on any atom is 0.159 e. The Balaban J connectivity index is 1.40. The van der Waals surface area contributed by atoms with Crippen molar-refractivity contribution in [2.75, 3.05) is 7.11 Å². The third kappa shape index (κ3) is 4.64. The molecule has 0 N–H and O–H groups in total. The molecule has 0 saturated heterocycles. The number of rotatable bonds is 4. The van der Waals surface area contributed by atoms with Crippen molar-refractivity contribution in [2.24, 2.45) is 4.99 Å². The fraction of sp³-hybridized carbons (Fsp3) is 0.174. The van der Waals surface area contributed by atoms with Gasteiger partial charge in [0, 0.05) is 25.1 Å². The Morgan fingerprint density at radius 1 is 1.07 bits per heavy atom. The summed E-state index contributed by atoms with van der Waals surface area (Å²) in [6.07, 6.45) is 2.41. The van der Waals surface area contributed by atoms with E-state index in [1.165, 1.54) is 6.07 Å². The topological polar surface area (TPSA) is 24.8 Å². The average Bonchev–Trinajstić information content (AvgIpc) is 3.13. The van der Waals surface area contributed by atoms with Gasteiger partial charge in [-0.05, 0) is 41.5 Å². The lowest BCUT2D eigenvalue weighted by Gasteiger charge is -2.22. The van der Waals surface area contributed by atoms with Gasteiger partial charge in [-0.25, -0.2) is 13.8 Å². The van der Waals surface area contributed by atoms with Crippen molar-refractivity contribution in [3.05, 3.63) is 81.7 Å². The van der Waals surface area contributed by atoms with Gasteiger partial charge in [0.15, 0.2) is 11.6 Å². The smallest absolute Gasteiger partial charge is 0.159 e. The van der Waals surface area contributed by atoms with E-state index in [1.807, 2.05) is 29.2 Å². The van der Waals surface area contributed by atoms with Crippen LogP contribution in [0, 0.1) is 23.5 Å². The van der Waals surface area contributed by atoms with Crippen LogP contribution in [0.1, 0.15) is 21.6 Å². The molecule has 0 bridgehead atoms. The number of hydrogen-bond acceptors (Lipinski definition) is 4. The van der Waals surface area contributed by atoms with Crippen molar-refractivity contribution in [3.63, 3.8) is 0 Å². The van der Waals surface area contributed by atoms with E-state index in [9.17, 15) is 8.78 Å². The number of aliphatic imine (C=N–C) groups is 1. The summed E-state index contributed by atoms with van der Waals surface area (Å²) < 4.78 is 31.7. The van der Waals surface area contributed by atoms with Crippen molar-refractivity contribution in [1.82, 2.24) is 4.90 Å². The molecule has 1 aromatic heterocycles. The molecule has 3 aromatic rings. The lowest BCUT2D eigenvalue weighted by molar-refractivity contribution is 0.412. The van der Waals surface area contributed by atoms with E-state index in [0.717, 1.165) is 32.8 Å². The minimum atomic E-state index is -0.834. The number of halogens is 2. The molecular formula is C23H18F2N2OS. The number of ether oxygens (including phenoxy) is 1. The molecule has 2 aromatic carbocycles. The summed E-state index contributed by atoms with van der Waals surface area (Å²) in [6.45, 7) is 1.13. The molecular weight excluding hydrogens is 390 g/mol. The first-order chi connectivity index (χ1) is 14.1. The number of fused-ring (bicyclic) bond motifs is 1. The summed E-state index contributed by atoms with van der Waals surface area (Å²) in [6, 6.07) is 13.9. The monoisotopic (exact) mass is 408 g/mol. The molecule has 0 aliphatic carbocycles. The van der Waals surface area contributed by atoms with E-state index in [2.05, 4.69) is 22.9 Å². The van der Waals surface area contributed by atoms with Crippen LogP contribution >= 0.6 is 11.3 Å². The zero-order valence-corrected chi connectivity index (χ0v) is 16.6. The highest BCUT2D eigenvalue weighted by Gasteiger charge is 2.16. The van der Waals surface area contributed by atoms with E-state index in [4.69, 9.17) is 4.74 Å². The number of benzene rings is 2. The van der Waals surface area contributed by atoms with Crippen molar-refractivity contribution in [1.29, 1.82) is 0 Å². The minimum Gasteiger partial charge on any atom is -0.497 e. The summed E-state index contributed by atoms with van der Waals surface area (Å²) in [5.41, 5.74) is 2.93. The minimum absolute atomic E-state index is 0.467. The fourth-order valence-corrected chi connectivity index (χ4v) is 3.93. The number of hydrogen-bond donors (Lipinski definition) is 0. The van der Waals surface area contributed by atoms with Gasteiger partial charge in [-0.2, -0.15) is 0 Å². The highest BCUT2D eigenvalue weighted by molar-refractivity contribution is 7.16. The molecule has 1 aliphatic heterocycles. The van der Waals surface area contributed by atoms with Crippen molar-refractivity contribution in [3.8, 4) is 17.6 Å². The number of thiophene rings is 1. The van der Waals surface area contributed by atoms with Gasteiger partial charge in [0.05, 0.1) is 18.3 Å². The van der Waals surface area contributed by atoms with E-state index < -0.39 is 11.6 Å². The molecule has 29 heavy (non-hydrogen) atoms. The molecule has 4 rings (SSSR count). The third-order valence-corrected chi connectivity index (χ3v) is 5.53. The van der Waals surface area contributed by atoms with E-state index in [1.54, 1.807) is 30.9 Å². The molecule has 0 radical (unpaired) electrons. The second-order valence-corrected chi connectivity index (χ2v) is 7.70. The SMILES string of the molecule is COc1ccc(CC#Cc2cc3c(s2)N=CN(Cc2ccc(F)c(F)c2)C3)cc1. The maximum absolute atomic E-state index is 13.4. The molecule has 0 spiro atoms. The van der Waals surface area contributed by atoms with Gasteiger partial charge in [0.2, 0.25) is 0 Å². The van der Waals surface area contributed by atoms with Crippen molar-refractivity contribution >= 4 is 22.7 Å². The number of nitrogens with zero attached hydrogens (tertiary/aromatic N) is 2. The van der Waals surface area contributed by atoms with E-state index >= 15 is 0 Å². The first-order valence-electron chi connectivity index (χ1n) is 9.07. The Morgan fingerprint density at radius 2 is 1.86 bits per heavy atom. The number of methoxy groups -OCH3 is 1. The predicted molar refractivity (Wildman–Crippen MR) is 112 cm³/mol. The van der Waals surface area contributed by atoms with Crippen molar-refractivity contribution in [2.45, 2.75) is 19.5 Å². The van der Waals surface area contributed by atoms with Crippen LogP contribution in [0.4, 0.5) is 13.8 Å². The van der Waals surface area contributed by atoms with Crippen LogP contribution in [0.25, 0.3) is 0 Å². The summed E-state index contributed by atoms with van der Waals surface area (Å²) in [7, 11) is 1.65. The second kappa shape index (κ2) is 8.46. The van der Waals surface area contributed by atoms with Crippen LogP contribution in [-0.4, -0.2) is 18.3 Å². The molecule has 0 unspecified atom stereocenters. The molecule has 6 heteroatoms. The van der Waals surface area contributed by atoms with Crippen LogP contribution in [-0.2, 0) is 19.5 Å². The van der Waals surface area contributed by atoms with Crippen molar-refractivity contribution < 1.29 is 13.5 Å². The van der Waals surface area contributed by atoms with E-state index in [0.29, 0.717) is 25.1 Å². The van der Waals surface area contributed by atoms with Gasteiger partial charge in [0.25, 0.3) is 0 Å². The van der Waals surface area contributed by atoms with Crippen LogP contribution < -0.4 is 4.74 Å². The summed E-state index contributed by atoms with van der Waals surface area (Å²) in [5, 5.41) is 0.945. The van der Waals surface area contributed by atoms with Gasteiger partial charge < -0.3 is 9.64 Å². The first-order valence-corrected chi connectivity index (χ1v) is 9.89. The standard InChI is InChI=1S/C23H18F2N2OS/c1-28-19-8-5-16(6-9-19)3-2-4-20-12-18-14-27(15-26-23(18)29-20)13-17-7-10-21(24)22(25)11-17/h5-12,15H,3,13-14H2,1H3. The zero-order chi connectivity index (χ0) is 20.2. The second-order valence-electron chi connectivity index (χ2n) is 6.67. The molecule has 1 aliphatic rings. The van der Waals surface area contributed by atoms with E-state index in [-0.39, 0.29) is 0 Å². The van der Waals surface area contributed by atoms with Gasteiger partial charge in [-0.15, -0.1) is 11.3 Å². The summed E-state index contributed by atoms with van der Waals surface area (Å²) >= 11 is 1.56. The first kappa shape index (κ1) is 19.2. The Morgan fingerprint density at radius 3 is 2.62 bits per heavy atom. The quantitative estimate of drug-likeness (QED) is 0.547.